The summed E-state index contributed by atoms with van der Waals surface area (Å²) < 4.78 is 0. The van der Waals surface area contributed by atoms with E-state index in [2.05, 4.69) is 15.3 Å². The minimum atomic E-state index is -0.256. The maximum Gasteiger partial charge on any atom is 0.223 e. The molecular weight excluding hydrogens is 256 g/mol. The van der Waals surface area contributed by atoms with Gasteiger partial charge >= 0.3 is 0 Å². The average Bonchev–Trinajstić information content (AvgIpc) is 2.27. The van der Waals surface area contributed by atoms with Gasteiger partial charge in [-0.2, -0.15) is 4.98 Å². The largest absolute Gasteiger partial charge is 0.396 e. The molecule has 0 aromatic carbocycles. The minimum Gasteiger partial charge on any atom is -0.396 e. The molecule has 100 valence electrons. The average molecular weight is 273 g/mol. The number of halogens is 1. The third kappa shape index (κ3) is 2.50. The van der Waals surface area contributed by atoms with E-state index >= 15 is 0 Å². The Hall–Kier alpha value is -1.11. The molecule has 1 aliphatic carbocycles. The first kappa shape index (κ1) is 13.3. The van der Waals surface area contributed by atoms with Gasteiger partial charge in [-0.15, -0.1) is 0 Å². The first-order valence-electron chi connectivity index (χ1n) is 5.88. The van der Waals surface area contributed by atoms with Gasteiger partial charge in [0.15, 0.2) is 0 Å². The zero-order chi connectivity index (χ0) is 13.2. The van der Waals surface area contributed by atoms with Gasteiger partial charge in [0.2, 0.25) is 5.95 Å². The van der Waals surface area contributed by atoms with Crippen molar-refractivity contribution in [3.05, 3.63) is 10.7 Å². The number of aliphatic hydroxyl groups excluding tert-OH is 2. The molecule has 0 atom stereocenters. The van der Waals surface area contributed by atoms with Crippen molar-refractivity contribution < 1.29 is 10.2 Å². The van der Waals surface area contributed by atoms with Crippen molar-refractivity contribution in [1.29, 1.82) is 0 Å². The van der Waals surface area contributed by atoms with Crippen molar-refractivity contribution in [3.8, 4) is 0 Å². The summed E-state index contributed by atoms with van der Waals surface area (Å²) in [6.07, 6.45) is 3.10. The summed E-state index contributed by atoms with van der Waals surface area (Å²) in [5, 5.41) is 21.9. The number of nitrogen functional groups attached to an aromatic ring is 1. The summed E-state index contributed by atoms with van der Waals surface area (Å²) in [4.78, 5) is 7.82. The fourth-order valence-electron chi connectivity index (χ4n) is 2.10. The molecular formula is C11H17ClN4O2. The molecule has 0 bridgehead atoms. The Morgan fingerprint density at radius 2 is 2.06 bits per heavy atom. The van der Waals surface area contributed by atoms with Crippen LogP contribution in [0.5, 0.6) is 0 Å². The Labute approximate surface area is 110 Å². The van der Waals surface area contributed by atoms with E-state index in [4.69, 9.17) is 17.3 Å². The van der Waals surface area contributed by atoms with Gasteiger partial charge in [0.1, 0.15) is 11.0 Å². The highest BCUT2D eigenvalue weighted by atomic mass is 35.5. The standard InChI is InChI=1S/C11H17ClN4O2/c12-8-7(4-17)9(16-10(13)15-8)14-5-11(6-18)2-1-3-11/h17-18H,1-6H2,(H3,13,14,15,16). The summed E-state index contributed by atoms with van der Waals surface area (Å²) in [6, 6.07) is 0. The fraction of sp³-hybridized carbons (Fsp3) is 0.636. The van der Waals surface area contributed by atoms with Gasteiger partial charge in [0.05, 0.1) is 18.8 Å². The van der Waals surface area contributed by atoms with Crippen LogP contribution in [0.2, 0.25) is 5.15 Å². The van der Waals surface area contributed by atoms with Crippen LogP contribution in [0, 0.1) is 5.41 Å². The van der Waals surface area contributed by atoms with E-state index in [0.29, 0.717) is 17.9 Å². The van der Waals surface area contributed by atoms with Crippen LogP contribution in [0.3, 0.4) is 0 Å². The van der Waals surface area contributed by atoms with Crippen LogP contribution in [0.25, 0.3) is 0 Å². The summed E-state index contributed by atoms with van der Waals surface area (Å²) in [7, 11) is 0. The van der Waals surface area contributed by atoms with E-state index in [0.717, 1.165) is 19.3 Å². The first-order valence-corrected chi connectivity index (χ1v) is 6.25. The number of rotatable bonds is 5. The summed E-state index contributed by atoms with van der Waals surface area (Å²) in [6.45, 7) is 0.472. The molecule has 1 aliphatic rings. The molecule has 1 heterocycles. The molecule has 2 rings (SSSR count). The van der Waals surface area contributed by atoms with Gasteiger partial charge in [-0.05, 0) is 12.8 Å². The number of aromatic nitrogens is 2. The molecule has 1 aromatic rings. The Kier molecular flexibility index (Phi) is 3.89. The van der Waals surface area contributed by atoms with E-state index in [-0.39, 0.29) is 29.7 Å². The van der Waals surface area contributed by atoms with Crippen LogP contribution in [-0.2, 0) is 6.61 Å². The lowest BCUT2D eigenvalue weighted by molar-refractivity contribution is 0.0575. The SMILES string of the molecule is Nc1nc(Cl)c(CO)c(NCC2(CO)CCC2)n1. The second kappa shape index (κ2) is 5.26. The third-order valence-corrected chi connectivity index (χ3v) is 3.83. The van der Waals surface area contributed by atoms with Gasteiger partial charge in [-0.3, -0.25) is 0 Å². The number of nitrogens with zero attached hydrogens (tertiary/aromatic N) is 2. The lowest BCUT2D eigenvalue weighted by Gasteiger charge is -2.40. The normalized spacial score (nSPS) is 17.3. The summed E-state index contributed by atoms with van der Waals surface area (Å²) in [5.41, 5.74) is 5.87. The van der Waals surface area contributed by atoms with Crippen molar-refractivity contribution >= 4 is 23.4 Å². The third-order valence-electron chi connectivity index (χ3n) is 3.51. The number of nitrogens with one attached hydrogen (secondary N) is 1. The van der Waals surface area contributed by atoms with E-state index in [1.807, 2.05) is 0 Å². The van der Waals surface area contributed by atoms with Gasteiger partial charge in [-0.25, -0.2) is 4.98 Å². The molecule has 7 heteroatoms. The van der Waals surface area contributed by atoms with Crippen LogP contribution in [-0.4, -0.2) is 33.3 Å². The lowest BCUT2D eigenvalue weighted by atomic mass is 9.69. The molecule has 1 aromatic heterocycles. The van der Waals surface area contributed by atoms with Crippen LogP contribution in [0.15, 0.2) is 0 Å². The number of hydrogen-bond donors (Lipinski definition) is 4. The maximum absolute atomic E-state index is 9.38. The lowest BCUT2D eigenvalue weighted by Crippen LogP contribution is -2.40. The Bertz CT molecular complexity index is 432. The molecule has 0 saturated heterocycles. The van der Waals surface area contributed by atoms with Crippen molar-refractivity contribution in [2.24, 2.45) is 5.41 Å². The molecule has 18 heavy (non-hydrogen) atoms. The minimum absolute atomic E-state index is 0.0614. The topological polar surface area (TPSA) is 104 Å². The van der Waals surface area contributed by atoms with Gasteiger partial charge in [0, 0.05) is 12.0 Å². The van der Waals surface area contributed by atoms with Crippen LogP contribution in [0.4, 0.5) is 11.8 Å². The predicted octanol–water partition coefficient (Wildman–Crippen LogP) is 0.779. The molecule has 0 unspecified atom stereocenters. The van der Waals surface area contributed by atoms with E-state index in [1.54, 1.807) is 0 Å². The first-order chi connectivity index (χ1) is 8.60. The van der Waals surface area contributed by atoms with Crippen molar-refractivity contribution in [1.82, 2.24) is 9.97 Å². The monoisotopic (exact) mass is 272 g/mol. The summed E-state index contributed by atoms with van der Waals surface area (Å²) in [5.74, 6) is 0.501. The number of hydrogen-bond acceptors (Lipinski definition) is 6. The number of anilines is 2. The quantitative estimate of drug-likeness (QED) is 0.591. The number of nitrogens with two attached hydrogens (primary N) is 1. The second-order valence-corrected chi connectivity index (χ2v) is 5.08. The number of aliphatic hydroxyl groups is 2. The molecule has 5 N–H and O–H groups in total. The van der Waals surface area contributed by atoms with Crippen LogP contribution < -0.4 is 11.1 Å². The van der Waals surface area contributed by atoms with E-state index < -0.39 is 0 Å². The Balaban J connectivity index is 2.13. The molecule has 0 aliphatic heterocycles. The fourth-order valence-corrected chi connectivity index (χ4v) is 2.33. The van der Waals surface area contributed by atoms with Crippen molar-refractivity contribution in [3.63, 3.8) is 0 Å². The van der Waals surface area contributed by atoms with Gasteiger partial charge < -0.3 is 21.3 Å². The predicted molar refractivity (Wildman–Crippen MR) is 69.2 cm³/mol. The Morgan fingerprint density at radius 1 is 1.33 bits per heavy atom. The van der Waals surface area contributed by atoms with E-state index in [9.17, 15) is 10.2 Å². The zero-order valence-electron chi connectivity index (χ0n) is 9.99. The second-order valence-electron chi connectivity index (χ2n) is 4.72. The maximum atomic E-state index is 9.38. The van der Waals surface area contributed by atoms with Gasteiger partial charge in [0.25, 0.3) is 0 Å². The van der Waals surface area contributed by atoms with Gasteiger partial charge in [-0.1, -0.05) is 18.0 Å². The highest BCUT2D eigenvalue weighted by Crippen LogP contribution is 2.40. The van der Waals surface area contributed by atoms with Crippen molar-refractivity contribution in [2.75, 3.05) is 24.2 Å². The highest BCUT2D eigenvalue weighted by Gasteiger charge is 2.36. The molecule has 0 amide bonds. The molecule has 1 saturated carbocycles. The zero-order valence-corrected chi connectivity index (χ0v) is 10.7. The highest BCUT2D eigenvalue weighted by molar-refractivity contribution is 6.30. The molecule has 0 radical (unpaired) electrons. The van der Waals surface area contributed by atoms with Crippen molar-refractivity contribution in [2.45, 2.75) is 25.9 Å². The molecule has 6 nitrogen and oxygen atoms in total. The van der Waals surface area contributed by atoms with Crippen LogP contribution in [0.1, 0.15) is 24.8 Å². The summed E-state index contributed by atoms with van der Waals surface area (Å²) >= 11 is 5.89. The van der Waals surface area contributed by atoms with Crippen LogP contribution >= 0.6 is 11.6 Å². The smallest absolute Gasteiger partial charge is 0.223 e. The Morgan fingerprint density at radius 3 is 2.56 bits per heavy atom. The van der Waals surface area contributed by atoms with E-state index in [1.165, 1.54) is 0 Å². The molecule has 0 spiro atoms. The molecule has 1 fully saturated rings.